The number of hydrogen-bond donors (Lipinski definition) is 1. The monoisotopic (exact) mass is 534 g/mol. The van der Waals surface area contributed by atoms with Gasteiger partial charge in [-0.3, -0.25) is 9.69 Å². The van der Waals surface area contributed by atoms with Crippen molar-refractivity contribution >= 4 is 21.8 Å². The van der Waals surface area contributed by atoms with Crippen molar-refractivity contribution in [2.75, 3.05) is 13.1 Å². The van der Waals surface area contributed by atoms with Crippen molar-refractivity contribution in [3.8, 4) is 17.1 Å². The minimum atomic E-state index is -0.0518. The van der Waals surface area contributed by atoms with E-state index in [9.17, 15) is 4.79 Å². The number of likely N-dealkylation sites (tertiary alicyclic amines) is 1. The van der Waals surface area contributed by atoms with Crippen LogP contribution >= 0.6 is 15.9 Å². The van der Waals surface area contributed by atoms with Gasteiger partial charge in [0, 0.05) is 41.2 Å². The predicted octanol–water partition coefficient (Wildman–Crippen LogP) is 4.52. The summed E-state index contributed by atoms with van der Waals surface area (Å²) in [6.07, 6.45) is 5.57. The highest BCUT2D eigenvalue weighted by atomic mass is 79.9. The number of piperidine rings is 1. The van der Waals surface area contributed by atoms with Crippen LogP contribution in [0.1, 0.15) is 30.1 Å². The molecule has 9 heteroatoms. The molecule has 8 nitrogen and oxygen atoms in total. The van der Waals surface area contributed by atoms with Crippen LogP contribution in [0.25, 0.3) is 17.1 Å². The summed E-state index contributed by atoms with van der Waals surface area (Å²) in [5, 5.41) is 7.23. The summed E-state index contributed by atoms with van der Waals surface area (Å²) >= 11 is 3.47. The molecule has 5 rings (SSSR count). The van der Waals surface area contributed by atoms with Crippen LogP contribution in [-0.2, 0) is 17.9 Å². The van der Waals surface area contributed by atoms with Gasteiger partial charge in [0.05, 0.1) is 12.5 Å². The number of halogens is 1. The number of nitrogens with zero attached hydrogens (tertiary/aromatic N) is 5. The zero-order chi connectivity index (χ0) is 24.2. The first-order valence-corrected chi connectivity index (χ1v) is 12.5. The lowest BCUT2D eigenvalue weighted by atomic mass is 9.97. The Labute approximate surface area is 212 Å². The Morgan fingerprint density at radius 1 is 1.23 bits per heavy atom. The molecule has 35 heavy (non-hydrogen) atoms. The second-order valence-electron chi connectivity index (χ2n) is 8.83. The summed E-state index contributed by atoms with van der Waals surface area (Å²) in [7, 11) is 0. The molecular formula is C26H27BrN6O2. The summed E-state index contributed by atoms with van der Waals surface area (Å²) in [6, 6.07) is 16.0. The molecule has 0 saturated carbocycles. The summed E-state index contributed by atoms with van der Waals surface area (Å²) < 4.78 is 8.48. The lowest BCUT2D eigenvalue weighted by Gasteiger charge is -2.30. The highest BCUT2D eigenvalue weighted by Gasteiger charge is 2.26. The van der Waals surface area contributed by atoms with Gasteiger partial charge < -0.3 is 14.4 Å². The number of rotatable bonds is 7. The number of carbonyl (C=O) groups excluding carboxylic acids is 1. The standard InChI is InChI=1S/C26H27BrN6O2/c1-18-28-11-13-33(18)23-9-7-19(8-10-23)15-29-26(34)21-5-3-12-32(16-21)17-24-30-25(31-35-24)20-4-2-6-22(27)14-20/h2,4,6-11,13-14,21H,3,5,12,15-17H2,1H3,(H,29,34). The molecule has 1 saturated heterocycles. The Morgan fingerprint density at radius 2 is 2.09 bits per heavy atom. The van der Waals surface area contributed by atoms with E-state index in [-0.39, 0.29) is 11.8 Å². The van der Waals surface area contributed by atoms with Crippen molar-refractivity contribution in [1.29, 1.82) is 0 Å². The summed E-state index contributed by atoms with van der Waals surface area (Å²) in [5.74, 6) is 2.11. The smallest absolute Gasteiger partial charge is 0.241 e. The summed E-state index contributed by atoms with van der Waals surface area (Å²) in [6.45, 7) is 4.62. The van der Waals surface area contributed by atoms with Gasteiger partial charge >= 0.3 is 0 Å². The third-order valence-corrected chi connectivity index (χ3v) is 6.79. The molecule has 180 valence electrons. The Bertz CT molecular complexity index is 1300. The Morgan fingerprint density at radius 3 is 2.86 bits per heavy atom. The Hall–Kier alpha value is -3.30. The van der Waals surface area contributed by atoms with E-state index < -0.39 is 0 Å². The highest BCUT2D eigenvalue weighted by Crippen LogP contribution is 2.22. The minimum Gasteiger partial charge on any atom is -0.352 e. The number of aryl methyl sites for hydroxylation is 1. The van der Waals surface area contributed by atoms with Crippen LogP contribution < -0.4 is 5.32 Å². The van der Waals surface area contributed by atoms with Gasteiger partial charge in [0.2, 0.25) is 17.6 Å². The van der Waals surface area contributed by atoms with E-state index in [4.69, 9.17) is 4.52 Å². The van der Waals surface area contributed by atoms with Gasteiger partial charge in [-0.2, -0.15) is 4.98 Å². The van der Waals surface area contributed by atoms with Gasteiger partial charge in [-0.1, -0.05) is 45.4 Å². The number of nitrogens with one attached hydrogen (secondary N) is 1. The first kappa shape index (κ1) is 23.4. The molecule has 4 aromatic rings. The molecule has 1 N–H and O–H groups in total. The van der Waals surface area contributed by atoms with Gasteiger partial charge in [-0.05, 0) is 56.1 Å². The lowest BCUT2D eigenvalue weighted by Crippen LogP contribution is -2.42. The predicted molar refractivity (Wildman–Crippen MR) is 136 cm³/mol. The van der Waals surface area contributed by atoms with Crippen molar-refractivity contribution in [2.24, 2.45) is 5.92 Å². The molecule has 1 amide bonds. The van der Waals surface area contributed by atoms with E-state index in [0.717, 1.165) is 46.5 Å². The number of hydrogen-bond acceptors (Lipinski definition) is 6. The van der Waals surface area contributed by atoms with Crippen LogP contribution in [0.3, 0.4) is 0 Å². The third kappa shape index (κ3) is 5.68. The van der Waals surface area contributed by atoms with Crippen LogP contribution in [0.4, 0.5) is 0 Å². The van der Waals surface area contributed by atoms with E-state index >= 15 is 0 Å². The van der Waals surface area contributed by atoms with Crippen molar-refractivity contribution in [1.82, 2.24) is 29.9 Å². The van der Waals surface area contributed by atoms with Gasteiger partial charge in [0.25, 0.3) is 0 Å². The summed E-state index contributed by atoms with van der Waals surface area (Å²) in [5.41, 5.74) is 3.03. The van der Waals surface area contributed by atoms with Gasteiger partial charge in [-0.25, -0.2) is 4.98 Å². The number of aromatic nitrogens is 4. The molecule has 1 aliphatic heterocycles. The van der Waals surface area contributed by atoms with Crippen LogP contribution in [0, 0.1) is 12.8 Å². The maximum absolute atomic E-state index is 12.9. The SMILES string of the molecule is Cc1nccn1-c1ccc(CNC(=O)C2CCCN(Cc3nc(-c4cccc(Br)c4)no3)C2)cc1. The molecule has 2 aromatic carbocycles. The maximum atomic E-state index is 12.9. The Balaban J connectivity index is 1.14. The topological polar surface area (TPSA) is 89.1 Å². The molecule has 1 unspecified atom stereocenters. The van der Waals surface area contributed by atoms with Gasteiger partial charge in [-0.15, -0.1) is 0 Å². The number of imidazole rings is 1. The zero-order valence-corrected chi connectivity index (χ0v) is 21.1. The minimum absolute atomic E-state index is 0.0518. The molecule has 3 heterocycles. The number of benzene rings is 2. The molecule has 0 aliphatic carbocycles. The van der Waals surface area contributed by atoms with E-state index in [0.29, 0.717) is 31.3 Å². The molecule has 0 radical (unpaired) electrons. The number of carbonyl (C=O) groups is 1. The molecule has 2 aromatic heterocycles. The third-order valence-electron chi connectivity index (χ3n) is 6.29. The highest BCUT2D eigenvalue weighted by molar-refractivity contribution is 9.10. The van der Waals surface area contributed by atoms with Crippen molar-refractivity contribution in [2.45, 2.75) is 32.9 Å². The molecule has 0 spiro atoms. The van der Waals surface area contributed by atoms with E-state index in [2.05, 4.69) is 41.3 Å². The van der Waals surface area contributed by atoms with E-state index in [1.165, 1.54) is 0 Å². The summed E-state index contributed by atoms with van der Waals surface area (Å²) in [4.78, 5) is 23.9. The first-order valence-electron chi connectivity index (χ1n) is 11.7. The molecular weight excluding hydrogens is 508 g/mol. The maximum Gasteiger partial charge on any atom is 0.241 e. The fourth-order valence-corrected chi connectivity index (χ4v) is 4.83. The van der Waals surface area contributed by atoms with Gasteiger partial charge in [0.1, 0.15) is 5.82 Å². The van der Waals surface area contributed by atoms with Crippen LogP contribution in [0.15, 0.2) is 69.9 Å². The average Bonchev–Trinajstić information content (AvgIpc) is 3.52. The van der Waals surface area contributed by atoms with Crippen molar-refractivity contribution in [3.63, 3.8) is 0 Å². The van der Waals surface area contributed by atoms with Crippen molar-refractivity contribution < 1.29 is 9.32 Å². The van der Waals surface area contributed by atoms with Gasteiger partial charge in [0.15, 0.2) is 0 Å². The first-order chi connectivity index (χ1) is 17.0. The molecule has 1 atom stereocenters. The fourth-order valence-electron chi connectivity index (χ4n) is 4.43. The number of amides is 1. The largest absolute Gasteiger partial charge is 0.352 e. The second-order valence-corrected chi connectivity index (χ2v) is 9.74. The van der Waals surface area contributed by atoms with Crippen LogP contribution in [0.5, 0.6) is 0 Å². The Kier molecular flexibility index (Phi) is 7.06. The van der Waals surface area contributed by atoms with E-state index in [1.807, 2.05) is 66.2 Å². The molecule has 1 aliphatic rings. The van der Waals surface area contributed by atoms with Crippen molar-refractivity contribution in [3.05, 3.63) is 82.7 Å². The normalized spacial score (nSPS) is 16.3. The lowest BCUT2D eigenvalue weighted by molar-refractivity contribution is -0.127. The average molecular weight is 535 g/mol. The zero-order valence-electron chi connectivity index (χ0n) is 19.5. The second kappa shape index (κ2) is 10.5. The molecule has 1 fully saturated rings. The van der Waals surface area contributed by atoms with E-state index in [1.54, 1.807) is 6.20 Å². The molecule has 0 bridgehead atoms. The fraction of sp³-hybridized carbons (Fsp3) is 0.308. The quantitative estimate of drug-likeness (QED) is 0.375. The van der Waals surface area contributed by atoms with Crippen LogP contribution in [-0.4, -0.2) is 43.6 Å². The van der Waals surface area contributed by atoms with Crippen LogP contribution in [0.2, 0.25) is 0 Å².